The first-order valence-corrected chi connectivity index (χ1v) is 7.44. The highest BCUT2D eigenvalue weighted by molar-refractivity contribution is 5.88. The summed E-state index contributed by atoms with van der Waals surface area (Å²) in [6, 6.07) is -0.0439. The van der Waals surface area contributed by atoms with Crippen molar-refractivity contribution < 1.29 is 9.59 Å². The second kappa shape index (κ2) is 7.84. The van der Waals surface area contributed by atoms with Gasteiger partial charge in [0.15, 0.2) is 0 Å². The highest BCUT2D eigenvalue weighted by Gasteiger charge is 2.33. The summed E-state index contributed by atoms with van der Waals surface area (Å²) < 4.78 is 0. The summed E-state index contributed by atoms with van der Waals surface area (Å²) in [7, 11) is 0. The molecule has 2 saturated heterocycles. The molecule has 2 rings (SSSR count). The number of likely N-dealkylation sites (tertiary alicyclic amines) is 1. The molecule has 2 aliphatic rings. The third-order valence-electron chi connectivity index (χ3n) is 4.29. The Balaban J connectivity index is 0.00000200. The molecule has 0 aliphatic carbocycles. The van der Waals surface area contributed by atoms with Gasteiger partial charge in [0, 0.05) is 19.0 Å². The molecule has 2 heterocycles. The third kappa shape index (κ3) is 3.85. The lowest BCUT2D eigenvalue weighted by atomic mass is 9.95. The van der Waals surface area contributed by atoms with Crippen molar-refractivity contribution in [3.8, 4) is 0 Å². The van der Waals surface area contributed by atoms with Crippen LogP contribution in [0.2, 0.25) is 0 Å². The Hall–Kier alpha value is -0.810. The van der Waals surface area contributed by atoms with Crippen LogP contribution in [0.25, 0.3) is 0 Å². The van der Waals surface area contributed by atoms with Crippen molar-refractivity contribution >= 4 is 24.2 Å². The molecule has 0 aromatic heterocycles. The van der Waals surface area contributed by atoms with Gasteiger partial charge in [0.2, 0.25) is 11.8 Å². The summed E-state index contributed by atoms with van der Waals surface area (Å²) in [6.45, 7) is 6.76. The van der Waals surface area contributed by atoms with Gasteiger partial charge < -0.3 is 15.5 Å². The number of hydrogen-bond donors (Lipinski definition) is 2. The molecule has 2 fully saturated rings. The van der Waals surface area contributed by atoms with Gasteiger partial charge in [-0.25, -0.2) is 0 Å². The number of carbonyl (C=O) groups excluding carboxylic acids is 2. The van der Waals surface area contributed by atoms with Crippen molar-refractivity contribution in [3.05, 3.63) is 0 Å². The topological polar surface area (TPSA) is 61.4 Å². The van der Waals surface area contributed by atoms with E-state index in [2.05, 4.69) is 17.6 Å². The molecule has 20 heavy (non-hydrogen) atoms. The lowest BCUT2D eigenvalue weighted by Gasteiger charge is -2.33. The van der Waals surface area contributed by atoms with Crippen LogP contribution in [0.1, 0.15) is 39.5 Å². The molecule has 3 unspecified atom stereocenters. The van der Waals surface area contributed by atoms with Crippen LogP contribution >= 0.6 is 12.4 Å². The van der Waals surface area contributed by atoms with Gasteiger partial charge in [-0.05, 0) is 38.3 Å². The van der Waals surface area contributed by atoms with Gasteiger partial charge in [0.25, 0.3) is 0 Å². The minimum atomic E-state index is -0.280. The average molecular weight is 304 g/mol. The molecule has 3 atom stereocenters. The number of rotatable bonds is 4. The van der Waals surface area contributed by atoms with Crippen LogP contribution in [0, 0.1) is 5.92 Å². The average Bonchev–Trinajstić information content (AvgIpc) is 2.80. The second-order valence-electron chi connectivity index (χ2n) is 5.70. The van der Waals surface area contributed by atoms with Crippen molar-refractivity contribution in [1.29, 1.82) is 0 Å². The summed E-state index contributed by atoms with van der Waals surface area (Å²) in [5, 5.41) is 6.47. The minimum absolute atomic E-state index is 0. The maximum Gasteiger partial charge on any atom is 0.243 e. The summed E-state index contributed by atoms with van der Waals surface area (Å²) in [5.74, 6) is 0.598. The van der Waals surface area contributed by atoms with Crippen molar-refractivity contribution in [1.82, 2.24) is 15.5 Å². The van der Waals surface area contributed by atoms with E-state index in [-0.39, 0.29) is 36.3 Å². The van der Waals surface area contributed by atoms with Gasteiger partial charge in [0.05, 0.1) is 0 Å². The normalized spacial score (nSPS) is 27.9. The molecular formula is C14H26ClN3O2. The quantitative estimate of drug-likeness (QED) is 0.812. The smallest absolute Gasteiger partial charge is 0.243 e. The van der Waals surface area contributed by atoms with E-state index in [1.54, 1.807) is 4.90 Å². The molecule has 5 nitrogen and oxygen atoms in total. The number of piperidine rings is 1. The predicted octanol–water partition coefficient (Wildman–Crippen LogP) is 0.923. The SMILES string of the molecule is CCC(C(=O)NC1CCNCC1C)N1CCCC1=O.Cl. The Bertz CT molecular complexity index is 351. The van der Waals surface area contributed by atoms with Gasteiger partial charge in [0.1, 0.15) is 6.04 Å². The number of nitrogens with one attached hydrogen (secondary N) is 2. The fourth-order valence-corrected chi connectivity index (χ4v) is 3.05. The van der Waals surface area contributed by atoms with E-state index < -0.39 is 0 Å². The Labute approximate surface area is 127 Å². The highest BCUT2D eigenvalue weighted by atomic mass is 35.5. The maximum atomic E-state index is 12.4. The Morgan fingerprint density at radius 2 is 2.30 bits per heavy atom. The molecule has 6 heteroatoms. The number of amides is 2. The molecular weight excluding hydrogens is 278 g/mol. The Morgan fingerprint density at radius 3 is 2.85 bits per heavy atom. The molecule has 0 saturated carbocycles. The van der Waals surface area contributed by atoms with Crippen molar-refractivity contribution in [2.45, 2.75) is 51.6 Å². The van der Waals surface area contributed by atoms with E-state index in [4.69, 9.17) is 0 Å². The molecule has 2 aliphatic heterocycles. The van der Waals surface area contributed by atoms with Gasteiger partial charge in [-0.1, -0.05) is 13.8 Å². The van der Waals surface area contributed by atoms with E-state index in [0.717, 1.165) is 32.5 Å². The van der Waals surface area contributed by atoms with E-state index >= 15 is 0 Å². The monoisotopic (exact) mass is 303 g/mol. The predicted molar refractivity (Wildman–Crippen MR) is 80.9 cm³/mol. The largest absolute Gasteiger partial charge is 0.351 e. The molecule has 0 aromatic rings. The summed E-state index contributed by atoms with van der Waals surface area (Å²) in [4.78, 5) is 25.9. The lowest BCUT2D eigenvalue weighted by molar-refractivity contribution is -0.138. The zero-order valence-electron chi connectivity index (χ0n) is 12.4. The van der Waals surface area contributed by atoms with Gasteiger partial charge in [-0.15, -0.1) is 12.4 Å². The Kier molecular flexibility index (Phi) is 6.76. The molecule has 0 spiro atoms. The van der Waals surface area contributed by atoms with Gasteiger partial charge >= 0.3 is 0 Å². The fourth-order valence-electron chi connectivity index (χ4n) is 3.05. The molecule has 0 radical (unpaired) electrons. The number of hydrogen-bond acceptors (Lipinski definition) is 3. The standard InChI is InChI=1S/C14H25N3O2.ClH/c1-3-12(17-8-4-5-13(17)18)14(19)16-11-6-7-15-9-10(11)2;/h10-12,15H,3-9H2,1-2H3,(H,16,19);1H. The first-order valence-electron chi connectivity index (χ1n) is 7.44. The van der Waals surface area contributed by atoms with Crippen LogP contribution in [0.3, 0.4) is 0 Å². The first-order chi connectivity index (χ1) is 9.13. The van der Waals surface area contributed by atoms with Crippen molar-refractivity contribution in [2.75, 3.05) is 19.6 Å². The van der Waals surface area contributed by atoms with Gasteiger partial charge in [-0.3, -0.25) is 9.59 Å². The lowest BCUT2D eigenvalue weighted by Crippen LogP contribution is -2.54. The molecule has 0 bridgehead atoms. The van der Waals surface area contributed by atoms with Crippen LogP contribution in [-0.2, 0) is 9.59 Å². The van der Waals surface area contributed by atoms with Crippen LogP contribution in [-0.4, -0.2) is 48.4 Å². The van der Waals surface area contributed by atoms with Crippen LogP contribution in [0.15, 0.2) is 0 Å². The van der Waals surface area contributed by atoms with E-state index in [1.165, 1.54) is 0 Å². The number of carbonyl (C=O) groups is 2. The maximum absolute atomic E-state index is 12.4. The third-order valence-corrected chi connectivity index (χ3v) is 4.29. The summed E-state index contributed by atoms with van der Waals surface area (Å²) in [5.41, 5.74) is 0. The molecule has 116 valence electrons. The molecule has 0 aromatic carbocycles. The highest BCUT2D eigenvalue weighted by Crippen LogP contribution is 2.17. The molecule has 2 N–H and O–H groups in total. The van der Waals surface area contributed by atoms with Crippen LogP contribution < -0.4 is 10.6 Å². The van der Waals surface area contributed by atoms with E-state index in [9.17, 15) is 9.59 Å². The Morgan fingerprint density at radius 1 is 1.55 bits per heavy atom. The fraction of sp³-hybridized carbons (Fsp3) is 0.857. The number of halogens is 1. The van der Waals surface area contributed by atoms with Gasteiger partial charge in [-0.2, -0.15) is 0 Å². The van der Waals surface area contributed by atoms with Crippen molar-refractivity contribution in [3.63, 3.8) is 0 Å². The zero-order chi connectivity index (χ0) is 13.8. The second-order valence-corrected chi connectivity index (χ2v) is 5.70. The summed E-state index contributed by atoms with van der Waals surface area (Å²) in [6.07, 6.45) is 3.13. The minimum Gasteiger partial charge on any atom is -0.351 e. The van der Waals surface area contributed by atoms with E-state index in [1.807, 2.05) is 6.92 Å². The first kappa shape index (κ1) is 17.2. The van der Waals surface area contributed by atoms with E-state index in [0.29, 0.717) is 18.8 Å². The number of nitrogens with zero attached hydrogens (tertiary/aromatic N) is 1. The zero-order valence-corrected chi connectivity index (χ0v) is 13.2. The van der Waals surface area contributed by atoms with Crippen LogP contribution in [0.4, 0.5) is 0 Å². The molecule has 2 amide bonds. The van der Waals surface area contributed by atoms with Crippen LogP contribution in [0.5, 0.6) is 0 Å². The van der Waals surface area contributed by atoms with Crippen molar-refractivity contribution in [2.24, 2.45) is 5.92 Å². The summed E-state index contributed by atoms with van der Waals surface area (Å²) >= 11 is 0.